The number of hydrogen-bond acceptors (Lipinski definition) is 7. The summed E-state index contributed by atoms with van der Waals surface area (Å²) in [5.74, 6) is 0.765. The fourth-order valence-corrected chi connectivity index (χ4v) is 10.6. The van der Waals surface area contributed by atoms with Crippen molar-refractivity contribution in [2.75, 3.05) is 20.0 Å². The van der Waals surface area contributed by atoms with Crippen LogP contribution in [0.1, 0.15) is 26.3 Å². The molecular weight excluding hydrogens is 528 g/mol. The Morgan fingerprint density at radius 2 is 1.41 bits per heavy atom. The SMILES string of the molecule is COc1ccc(CO[C@@H]2[C@@H](O)[C@@H](O)[C@@H](CO[Si](c3ccccc3)(c3ccccc3)C(C)(C)C)O[C@H]2SC)cc1. The molecule has 0 aliphatic carbocycles. The molecule has 8 heteroatoms. The molecule has 1 fully saturated rings. The lowest BCUT2D eigenvalue weighted by Crippen LogP contribution is -2.68. The molecule has 0 unspecified atom stereocenters. The normalized spacial score (nSPS) is 23.9. The number of hydrogen-bond donors (Lipinski definition) is 2. The van der Waals surface area contributed by atoms with Gasteiger partial charge in [-0.15, -0.1) is 11.8 Å². The fourth-order valence-electron chi connectivity index (χ4n) is 5.29. The maximum absolute atomic E-state index is 11.2. The quantitative estimate of drug-likeness (QED) is 0.359. The highest BCUT2D eigenvalue weighted by atomic mass is 32.2. The number of rotatable bonds is 10. The van der Waals surface area contributed by atoms with Gasteiger partial charge in [-0.2, -0.15) is 0 Å². The van der Waals surface area contributed by atoms with E-state index in [0.29, 0.717) is 0 Å². The molecule has 1 saturated heterocycles. The summed E-state index contributed by atoms with van der Waals surface area (Å²) in [6.07, 6.45) is -1.77. The zero-order valence-corrected chi connectivity index (χ0v) is 25.1. The van der Waals surface area contributed by atoms with E-state index in [2.05, 4.69) is 45.0 Å². The average molecular weight is 569 g/mol. The fraction of sp³-hybridized carbons (Fsp3) is 0.419. The number of aliphatic hydroxyl groups excluding tert-OH is 2. The lowest BCUT2D eigenvalue weighted by Gasteiger charge is -2.46. The highest BCUT2D eigenvalue weighted by Gasteiger charge is 2.52. The molecule has 1 aliphatic rings. The molecule has 4 rings (SSSR count). The van der Waals surface area contributed by atoms with Gasteiger partial charge in [-0.1, -0.05) is 93.6 Å². The molecule has 0 amide bonds. The topological polar surface area (TPSA) is 77.4 Å². The van der Waals surface area contributed by atoms with Gasteiger partial charge in [0.2, 0.25) is 0 Å². The van der Waals surface area contributed by atoms with Crippen molar-refractivity contribution in [1.82, 2.24) is 0 Å². The molecule has 5 atom stereocenters. The van der Waals surface area contributed by atoms with Crippen LogP contribution in [0.3, 0.4) is 0 Å². The largest absolute Gasteiger partial charge is 0.497 e. The highest BCUT2D eigenvalue weighted by Crippen LogP contribution is 2.38. The van der Waals surface area contributed by atoms with Crippen LogP contribution in [0.15, 0.2) is 84.9 Å². The first kappa shape index (κ1) is 29.8. The van der Waals surface area contributed by atoms with Crippen LogP contribution >= 0.6 is 11.8 Å². The first-order valence-electron chi connectivity index (χ1n) is 13.2. The second-order valence-electron chi connectivity index (χ2n) is 10.9. The lowest BCUT2D eigenvalue weighted by molar-refractivity contribution is -0.220. The van der Waals surface area contributed by atoms with E-state index in [0.717, 1.165) is 21.7 Å². The van der Waals surface area contributed by atoms with Gasteiger partial charge in [-0.25, -0.2) is 0 Å². The Labute approximate surface area is 237 Å². The molecule has 3 aromatic carbocycles. The smallest absolute Gasteiger partial charge is 0.261 e. The van der Waals surface area contributed by atoms with E-state index in [4.69, 9.17) is 18.6 Å². The molecule has 0 aromatic heterocycles. The van der Waals surface area contributed by atoms with E-state index in [1.807, 2.05) is 66.9 Å². The highest BCUT2D eigenvalue weighted by molar-refractivity contribution is 7.99. The molecule has 1 aliphatic heterocycles. The maximum Gasteiger partial charge on any atom is 0.261 e. The van der Waals surface area contributed by atoms with Gasteiger partial charge in [0.05, 0.1) is 20.3 Å². The van der Waals surface area contributed by atoms with Crippen molar-refractivity contribution in [1.29, 1.82) is 0 Å². The summed E-state index contributed by atoms with van der Waals surface area (Å²) in [7, 11) is -1.20. The molecule has 0 spiro atoms. The van der Waals surface area contributed by atoms with Crippen molar-refractivity contribution in [2.45, 2.75) is 62.3 Å². The summed E-state index contributed by atoms with van der Waals surface area (Å²) >= 11 is 1.45. The van der Waals surface area contributed by atoms with Crippen molar-refractivity contribution >= 4 is 30.5 Å². The minimum absolute atomic E-state index is 0.147. The van der Waals surface area contributed by atoms with Gasteiger partial charge in [0.15, 0.2) is 0 Å². The van der Waals surface area contributed by atoms with Crippen LogP contribution in [0.25, 0.3) is 0 Å². The lowest BCUT2D eigenvalue weighted by atomic mass is 10.00. The monoisotopic (exact) mass is 568 g/mol. The number of aliphatic hydroxyl groups is 2. The molecule has 0 radical (unpaired) electrons. The Bertz CT molecular complexity index is 1110. The third-order valence-corrected chi connectivity index (χ3v) is 13.2. The minimum Gasteiger partial charge on any atom is -0.497 e. The molecule has 0 saturated carbocycles. The van der Waals surface area contributed by atoms with E-state index >= 15 is 0 Å². The van der Waals surface area contributed by atoms with Crippen molar-refractivity contribution in [3.63, 3.8) is 0 Å². The van der Waals surface area contributed by atoms with Gasteiger partial charge >= 0.3 is 0 Å². The Balaban J connectivity index is 1.54. The van der Waals surface area contributed by atoms with Crippen LogP contribution in [0.2, 0.25) is 5.04 Å². The number of ether oxygens (including phenoxy) is 3. The predicted octanol–water partition coefficient (Wildman–Crippen LogP) is 3.97. The first-order chi connectivity index (χ1) is 18.7. The zero-order chi connectivity index (χ0) is 28.0. The second-order valence-corrected chi connectivity index (χ2v) is 16.1. The van der Waals surface area contributed by atoms with Crippen molar-refractivity contribution in [3.8, 4) is 5.75 Å². The van der Waals surface area contributed by atoms with Crippen LogP contribution in [0, 0.1) is 0 Å². The van der Waals surface area contributed by atoms with Gasteiger partial charge < -0.3 is 28.8 Å². The Kier molecular flexibility index (Phi) is 9.93. The molecule has 39 heavy (non-hydrogen) atoms. The van der Waals surface area contributed by atoms with E-state index in [9.17, 15) is 10.2 Å². The molecule has 3 aromatic rings. The predicted molar refractivity (Wildman–Crippen MR) is 159 cm³/mol. The van der Waals surface area contributed by atoms with Gasteiger partial charge in [0.25, 0.3) is 8.32 Å². The average Bonchev–Trinajstić information content (AvgIpc) is 2.95. The summed E-state index contributed by atoms with van der Waals surface area (Å²) in [5.41, 5.74) is 0.476. The van der Waals surface area contributed by atoms with Crippen LogP contribution in [-0.2, 0) is 20.5 Å². The van der Waals surface area contributed by atoms with E-state index in [-0.39, 0.29) is 18.3 Å². The van der Waals surface area contributed by atoms with Crippen LogP contribution in [0.5, 0.6) is 5.75 Å². The number of benzene rings is 3. The first-order valence-corrected chi connectivity index (χ1v) is 16.4. The van der Waals surface area contributed by atoms with E-state index < -0.39 is 38.2 Å². The number of thioether (sulfide) groups is 1. The summed E-state index contributed by atoms with van der Waals surface area (Å²) in [5, 5.41) is 24.4. The van der Waals surface area contributed by atoms with Gasteiger partial charge in [-0.05, 0) is 39.4 Å². The molecule has 0 bridgehead atoms. The van der Waals surface area contributed by atoms with Crippen molar-refractivity contribution in [2.24, 2.45) is 0 Å². The van der Waals surface area contributed by atoms with Crippen LogP contribution in [-0.4, -0.2) is 68.4 Å². The second kappa shape index (κ2) is 13.0. The maximum atomic E-state index is 11.2. The summed E-state index contributed by atoms with van der Waals surface area (Å²) < 4.78 is 24.6. The molecule has 2 N–H and O–H groups in total. The minimum atomic E-state index is -2.82. The molecule has 6 nitrogen and oxygen atoms in total. The molecular formula is C31H40O6SSi. The molecule has 210 valence electrons. The van der Waals surface area contributed by atoms with Crippen molar-refractivity contribution < 1.29 is 28.8 Å². The Morgan fingerprint density at radius 1 is 0.846 bits per heavy atom. The van der Waals surface area contributed by atoms with Gasteiger partial charge in [0, 0.05) is 0 Å². The standard InChI is InChI=1S/C31H40O6SSi/c1-31(2,3)39(24-12-8-6-9-13-24,25-14-10-7-11-15-25)36-21-26-27(32)28(33)29(30(37-26)38-5)35-20-22-16-18-23(34-4)19-17-22/h6-19,26-30,32-33H,20-21H2,1-5H3/t26-,27+,28+,29-,30+/m1/s1. The summed E-state index contributed by atoms with van der Waals surface area (Å²) in [4.78, 5) is 0. The third-order valence-electron chi connectivity index (χ3n) is 7.36. The van der Waals surface area contributed by atoms with Crippen LogP contribution < -0.4 is 15.1 Å². The van der Waals surface area contributed by atoms with Gasteiger partial charge in [-0.3, -0.25) is 0 Å². The Hall–Kier alpha value is -2.17. The van der Waals surface area contributed by atoms with E-state index in [1.165, 1.54) is 11.8 Å². The summed E-state index contributed by atoms with van der Waals surface area (Å²) in [6.45, 7) is 7.05. The van der Waals surface area contributed by atoms with Gasteiger partial charge in [0.1, 0.15) is 35.6 Å². The third kappa shape index (κ3) is 6.43. The zero-order valence-electron chi connectivity index (χ0n) is 23.3. The molecule has 1 heterocycles. The van der Waals surface area contributed by atoms with Crippen molar-refractivity contribution in [3.05, 3.63) is 90.5 Å². The van der Waals surface area contributed by atoms with E-state index in [1.54, 1.807) is 7.11 Å². The summed E-state index contributed by atoms with van der Waals surface area (Å²) in [6, 6.07) is 28.3. The van der Waals surface area contributed by atoms with Crippen LogP contribution in [0.4, 0.5) is 0 Å². The Morgan fingerprint density at radius 3 is 1.90 bits per heavy atom. The number of methoxy groups -OCH3 is 1.